The van der Waals surface area contributed by atoms with Crippen LogP contribution in [-0.4, -0.2) is 27.5 Å². The highest BCUT2D eigenvalue weighted by Crippen LogP contribution is 2.35. The molecule has 0 aliphatic heterocycles. The van der Waals surface area contributed by atoms with Crippen molar-refractivity contribution in [3.63, 3.8) is 0 Å². The SMILES string of the molecule is CC1CCc2c(sc3ncn(CC(=O)NC(=O)NC4CCCCC4)c(=O)c23)C1. The van der Waals surface area contributed by atoms with Crippen LogP contribution in [0.3, 0.4) is 0 Å². The highest BCUT2D eigenvalue weighted by molar-refractivity contribution is 7.18. The largest absolute Gasteiger partial charge is 0.335 e. The molecule has 1 fully saturated rings. The van der Waals surface area contributed by atoms with Crippen molar-refractivity contribution in [2.24, 2.45) is 5.92 Å². The number of aryl methyl sites for hydroxylation is 1. The lowest BCUT2D eigenvalue weighted by Crippen LogP contribution is -2.46. The second kappa shape index (κ2) is 8.03. The van der Waals surface area contributed by atoms with Crippen LogP contribution in [0, 0.1) is 5.92 Å². The number of rotatable bonds is 3. The van der Waals surface area contributed by atoms with Crippen LogP contribution in [0.2, 0.25) is 0 Å². The zero-order valence-corrected chi connectivity index (χ0v) is 16.9. The van der Waals surface area contributed by atoms with Gasteiger partial charge in [-0.15, -0.1) is 11.3 Å². The van der Waals surface area contributed by atoms with E-state index in [4.69, 9.17) is 0 Å². The minimum absolute atomic E-state index is 0.127. The molecule has 2 aromatic rings. The van der Waals surface area contributed by atoms with E-state index in [0.717, 1.165) is 55.3 Å². The third kappa shape index (κ3) is 3.97. The zero-order chi connectivity index (χ0) is 19.7. The van der Waals surface area contributed by atoms with Crippen LogP contribution < -0.4 is 16.2 Å². The van der Waals surface area contributed by atoms with Crippen LogP contribution in [0.1, 0.15) is 55.9 Å². The maximum Gasteiger partial charge on any atom is 0.321 e. The Morgan fingerprint density at radius 3 is 2.82 bits per heavy atom. The van der Waals surface area contributed by atoms with Crippen LogP contribution in [0.4, 0.5) is 4.79 Å². The number of nitrogens with one attached hydrogen (secondary N) is 2. The van der Waals surface area contributed by atoms with E-state index in [1.165, 1.54) is 22.2 Å². The topological polar surface area (TPSA) is 93.1 Å². The lowest BCUT2D eigenvalue weighted by Gasteiger charge is -2.22. The Morgan fingerprint density at radius 1 is 1.25 bits per heavy atom. The number of hydrogen-bond donors (Lipinski definition) is 2. The molecule has 2 aliphatic rings. The van der Waals surface area contributed by atoms with Crippen molar-refractivity contribution in [3.05, 3.63) is 27.1 Å². The summed E-state index contributed by atoms with van der Waals surface area (Å²) in [7, 11) is 0. The molecule has 28 heavy (non-hydrogen) atoms. The molecule has 2 aliphatic carbocycles. The summed E-state index contributed by atoms with van der Waals surface area (Å²) < 4.78 is 1.30. The lowest BCUT2D eigenvalue weighted by molar-refractivity contribution is -0.120. The molecular weight excluding hydrogens is 376 g/mol. The normalized spacial score (nSPS) is 20.0. The molecule has 1 unspecified atom stereocenters. The zero-order valence-electron chi connectivity index (χ0n) is 16.1. The molecule has 0 radical (unpaired) electrons. The lowest BCUT2D eigenvalue weighted by atomic mass is 9.89. The van der Waals surface area contributed by atoms with Gasteiger partial charge in [0, 0.05) is 10.9 Å². The molecule has 8 heteroatoms. The summed E-state index contributed by atoms with van der Waals surface area (Å²) in [6.07, 6.45) is 9.64. The highest BCUT2D eigenvalue weighted by Gasteiger charge is 2.24. The quantitative estimate of drug-likeness (QED) is 0.826. The van der Waals surface area contributed by atoms with E-state index in [9.17, 15) is 14.4 Å². The fraction of sp³-hybridized carbons (Fsp3) is 0.600. The summed E-state index contributed by atoms with van der Waals surface area (Å²) in [5.74, 6) is 0.116. The smallest absolute Gasteiger partial charge is 0.321 e. The number of urea groups is 1. The van der Waals surface area contributed by atoms with Crippen molar-refractivity contribution in [1.29, 1.82) is 0 Å². The first kappa shape index (κ1) is 19.1. The van der Waals surface area contributed by atoms with Crippen LogP contribution in [-0.2, 0) is 24.2 Å². The Hall–Kier alpha value is -2.22. The van der Waals surface area contributed by atoms with E-state index < -0.39 is 11.9 Å². The Morgan fingerprint density at radius 2 is 2.04 bits per heavy atom. The van der Waals surface area contributed by atoms with Gasteiger partial charge >= 0.3 is 6.03 Å². The van der Waals surface area contributed by atoms with Crippen molar-refractivity contribution in [2.45, 2.75) is 70.9 Å². The monoisotopic (exact) mass is 402 g/mol. The van der Waals surface area contributed by atoms with Gasteiger partial charge in [0.05, 0.1) is 11.7 Å². The number of amides is 3. The molecule has 2 heterocycles. The van der Waals surface area contributed by atoms with Crippen molar-refractivity contribution in [3.8, 4) is 0 Å². The predicted molar refractivity (Wildman–Crippen MR) is 109 cm³/mol. The van der Waals surface area contributed by atoms with Gasteiger partial charge in [-0.25, -0.2) is 9.78 Å². The number of hydrogen-bond acceptors (Lipinski definition) is 5. The van der Waals surface area contributed by atoms with E-state index in [0.29, 0.717) is 11.3 Å². The Balaban J connectivity index is 1.45. The molecule has 1 atom stereocenters. The van der Waals surface area contributed by atoms with E-state index in [1.54, 1.807) is 11.3 Å². The Kier molecular flexibility index (Phi) is 5.48. The van der Waals surface area contributed by atoms with Gasteiger partial charge < -0.3 is 5.32 Å². The van der Waals surface area contributed by atoms with Crippen molar-refractivity contribution >= 4 is 33.5 Å². The van der Waals surface area contributed by atoms with Crippen molar-refractivity contribution in [2.75, 3.05) is 0 Å². The minimum Gasteiger partial charge on any atom is -0.335 e. The van der Waals surface area contributed by atoms with Crippen molar-refractivity contribution in [1.82, 2.24) is 20.2 Å². The number of thiophene rings is 1. The van der Waals surface area contributed by atoms with Gasteiger partial charge in [0.2, 0.25) is 5.91 Å². The molecule has 0 bridgehead atoms. The molecule has 0 spiro atoms. The van der Waals surface area contributed by atoms with E-state index in [-0.39, 0.29) is 18.1 Å². The van der Waals surface area contributed by atoms with E-state index in [2.05, 4.69) is 22.5 Å². The molecule has 0 aromatic carbocycles. The molecule has 2 N–H and O–H groups in total. The van der Waals surface area contributed by atoms with Crippen molar-refractivity contribution < 1.29 is 9.59 Å². The van der Waals surface area contributed by atoms with Crippen LogP contribution in [0.5, 0.6) is 0 Å². The van der Waals surface area contributed by atoms with Gasteiger partial charge in [-0.2, -0.15) is 0 Å². The first-order chi connectivity index (χ1) is 13.5. The first-order valence-corrected chi connectivity index (χ1v) is 10.9. The van der Waals surface area contributed by atoms with Gasteiger partial charge in [0.25, 0.3) is 5.56 Å². The molecule has 4 rings (SSSR count). The summed E-state index contributed by atoms with van der Waals surface area (Å²) in [6.45, 7) is 2.02. The average Bonchev–Trinajstić information content (AvgIpc) is 3.02. The maximum absolute atomic E-state index is 12.9. The van der Waals surface area contributed by atoms with Gasteiger partial charge in [0.1, 0.15) is 11.4 Å². The highest BCUT2D eigenvalue weighted by atomic mass is 32.1. The molecule has 0 saturated heterocycles. The minimum atomic E-state index is -0.505. The van der Waals surface area contributed by atoms with Gasteiger partial charge in [-0.05, 0) is 43.6 Å². The first-order valence-electron chi connectivity index (χ1n) is 10.1. The summed E-state index contributed by atoms with van der Waals surface area (Å²) in [6, 6.07) is -0.358. The van der Waals surface area contributed by atoms with Crippen LogP contribution >= 0.6 is 11.3 Å². The summed E-state index contributed by atoms with van der Waals surface area (Å²) in [4.78, 5) is 43.6. The molecule has 1 saturated carbocycles. The number of fused-ring (bicyclic) bond motifs is 3. The Bertz CT molecular complexity index is 958. The van der Waals surface area contributed by atoms with Gasteiger partial charge in [-0.3, -0.25) is 19.5 Å². The van der Waals surface area contributed by atoms with E-state index >= 15 is 0 Å². The van der Waals surface area contributed by atoms with Crippen LogP contribution in [0.25, 0.3) is 10.2 Å². The van der Waals surface area contributed by atoms with Gasteiger partial charge in [0.15, 0.2) is 0 Å². The number of imide groups is 1. The third-order valence-corrected chi connectivity index (χ3v) is 6.95. The summed E-state index contributed by atoms with van der Waals surface area (Å²) in [5, 5.41) is 5.83. The van der Waals surface area contributed by atoms with E-state index in [1.807, 2.05) is 0 Å². The summed E-state index contributed by atoms with van der Waals surface area (Å²) >= 11 is 1.59. The number of aromatic nitrogens is 2. The fourth-order valence-corrected chi connectivity index (χ4v) is 5.61. The molecule has 3 amide bonds. The predicted octanol–water partition coefficient (Wildman–Crippen LogP) is 2.74. The maximum atomic E-state index is 12.9. The Labute approximate surface area is 167 Å². The summed E-state index contributed by atoms with van der Waals surface area (Å²) in [5.41, 5.74) is 0.903. The molecule has 2 aromatic heterocycles. The van der Waals surface area contributed by atoms with Crippen LogP contribution in [0.15, 0.2) is 11.1 Å². The average molecular weight is 403 g/mol. The second-order valence-corrected chi connectivity index (χ2v) is 9.15. The third-order valence-electron chi connectivity index (χ3n) is 5.79. The number of carbonyl (C=O) groups is 2. The molecule has 150 valence electrons. The fourth-order valence-electron chi connectivity index (χ4n) is 4.27. The standard InChI is InChI=1S/C20H26N4O3S/c1-12-7-8-14-15(9-12)28-18-17(14)19(26)24(11-21-18)10-16(25)23-20(27)22-13-5-3-2-4-6-13/h11-13H,2-10H2,1H3,(H2,22,23,25,27). The number of nitrogens with zero attached hydrogens (tertiary/aromatic N) is 2. The molecule has 7 nitrogen and oxygen atoms in total. The second-order valence-electron chi connectivity index (χ2n) is 8.07. The number of carbonyl (C=O) groups excluding carboxylic acids is 2. The van der Waals surface area contributed by atoms with Gasteiger partial charge in [-0.1, -0.05) is 26.2 Å². The molecular formula is C20H26N4O3S.